The van der Waals surface area contributed by atoms with Crippen LogP contribution in [0.4, 0.5) is 10.5 Å². The van der Waals surface area contributed by atoms with E-state index in [-0.39, 0.29) is 24.1 Å². The number of hydrogen-bond acceptors (Lipinski definition) is 6. The van der Waals surface area contributed by atoms with Crippen LogP contribution in [0.3, 0.4) is 0 Å². The summed E-state index contributed by atoms with van der Waals surface area (Å²) in [6.45, 7) is 1.96. The van der Waals surface area contributed by atoms with Crippen LogP contribution < -0.4 is 10.1 Å². The van der Waals surface area contributed by atoms with E-state index in [1.165, 1.54) is 12.1 Å². The van der Waals surface area contributed by atoms with Crippen molar-refractivity contribution in [2.24, 2.45) is 0 Å². The predicted octanol–water partition coefficient (Wildman–Crippen LogP) is 2.05. The molecule has 1 heterocycles. The van der Waals surface area contributed by atoms with E-state index < -0.39 is 6.09 Å². The van der Waals surface area contributed by atoms with Crippen LogP contribution in [0.15, 0.2) is 36.4 Å². The number of aliphatic hydroxyl groups is 1. The average Bonchev–Trinajstić information content (AvgIpc) is 2.55. The maximum Gasteiger partial charge on any atom is 0.418 e. The second-order valence-corrected chi connectivity index (χ2v) is 4.59. The van der Waals surface area contributed by atoms with E-state index in [0.29, 0.717) is 5.69 Å². The van der Waals surface area contributed by atoms with E-state index >= 15 is 0 Å². The Labute approximate surface area is 127 Å². The highest BCUT2D eigenvalue weighted by Crippen LogP contribution is 2.17. The molecule has 7 heteroatoms. The number of nitrogens with one attached hydrogen (secondary N) is 1. The molecular weight excluding hydrogens is 284 g/mol. The minimum atomic E-state index is -0.707. The van der Waals surface area contributed by atoms with E-state index in [2.05, 4.69) is 15.5 Å². The van der Waals surface area contributed by atoms with Crippen molar-refractivity contribution in [3.8, 4) is 11.9 Å². The Morgan fingerprint density at radius 2 is 2.05 bits per heavy atom. The number of aromatic nitrogens is 2. The summed E-state index contributed by atoms with van der Waals surface area (Å²) in [5.41, 5.74) is 1.67. The summed E-state index contributed by atoms with van der Waals surface area (Å²) in [6.07, 6.45) is -0.707. The number of benzene rings is 1. The third-order valence-corrected chi connectivity index (χ3v) is 2.95. The number of nitriles is 1. The molecule has 0 aliphatic rings. The molecule has 112 valence electrons. The lowest BCUT2D eigenvalue weighted by Crippen LogP contribution is -2.17. The first-order chi connectivity index (χ1) is 10.6. The van der Waals surface area contributed by atoms with Crippen LogP contribution >= 0.6 is 0 Å². The highest BCUT2D eigenvalue weighted by Gasteiger charge is 2.08. The van der Waals surface area contributed by atoms with E-state index in [9.17, 15) is 4.79 Å². The van der Waals surface area contributed by atoms with Gasteiger partial charge in [-0.05, 0) is 23.8 Å². The van der Waals surface area contributed by atoms with E-state index in [0.717, 1.165) is 5.56 Å². The molecule has 1 unspecified atom stereocenters. The standard InChI is InChI=1S/C15H14N4O3/c1-10(9-20)11-2-4-12(5-3-11)17-15(21)22-14-7-6-13(8-16)18-19-14/h2-7,10,20H,9H2,1H3,(H,17,21). The second-order valence-electron chi connectivity index (χ2n) is 4.59. The predicted molar refractivity (Wildman–Crippen MR) is 78.3 cm³/mol. The lowest BCUT2D eigenvalue weighted by molar-refractivity contribution is 0.213. The zero-order valence-electron chi connectivity index (χ0n) is 11.9. The summed E-state index contributed by atoms with van der Waals surface area (Å²) in [4.78, 5) is 11.7. The van der Waals surface area contributed by atoms with Crippen LogP contribution in [0, 0.1) is 11.3 Å². The van der Waals surface area contributed by atoms with Gasteiger partial charge in [0.2, 0.25) is 5.88 Å². The fraction of sp³-hybridized carbons (Fsp3) is 0.200. The Morgan fingerprint density at radius 1 is 1.32 bits per heavy atom. The van der Waals surface area contributed by atoms with Gasteiger partial charge in [0, 0.05) is 24.3 Å². The number of carbonyl (C=O) groups is 1. The number of nitrogens with zero attached hydrogens (tertiary/aromatic N) is 3. The first kappa shape index (κ1) is 15.4. The highest BCUT2D eigenvalue weighted by atomic mass is 16.6. The molecule has 1 aromatic heterocycles. The van der Waals surface area contributed by atoms with Gasteiger partial charge in [0.05, 0.1) is 0 Å². The molecule has 0 fully saturated rings. The largest absolute Gasteiger partial charge is 0.418 e. The summed E-state index contributed by atoms with van der Waals surface area (Å²) in [5, 5.41) is 27.4. The Bertz CT molecular complexity index is 677. The third kappa shape index (κ3) is 4.01. The maximum atomic E-state index is 11.7. The fourth-order valence-corrected chi connectivity index (χ4v) is 1.67. The molecular formula is C15H14N4O3. The average molecular weight is 298 g/mol. The first-order valence-electron chi connectivity index (χ1n) is 6.56. The summed E-state index contributed by atoms with van der Waals surface area (Å²) in [7, 11) is 0. The topological polar surface area (TPSA) is 108 Å². The van der Waals surface area contributed by atoms with Crippen molar-refractivity contribution in [1.82, 2.24) is 10.2 Å². The Morgan fingerprint density at radius 3 is 2.59 bits per heavy atom. The fourth-order valence-electron chi connectivity index (χ4n) is 1.67. The Balaban J connectivity index is 1.95. The molecule has 1 amide bonds. The van der Waals surface area contributed by atoms with Gasteiger partial charge in [0.1, 0.15) is 6.07 Å². The molecule has 2 aromatic rings. The Hall–Kier alpha value is -2.98. The molecule has 7 nitrogen and oxygen atoms in total. The second kappa shape index (κ2) is 7.15. The van der Waals surface area contributed by atoms with Gasteiger partial charge in [-0.1, -0.05) is 19.1 Å². The van der Waals surface area contributed by atoms with Gasteiger partial charge in [-0.3, -0.25) is 5.32 Å². The maximum absolute atomic E-state index is 11.7. The molecule has 0 saturated carbocycles. The normalized spacial score (nSPS) is 11.3. The molecule has 1 aromatic carbocycles. The van der Waals surface area contributed by atoms with Crippen molar-refractivity contribution in [3.63, 3.8) is 0 Å². The quantitative estimate of drug-likeness (QED) is 0.894. The molecule has 2 N–H and O–H groups in total. The smallest absolute Gasteiger partial charge is 0.396 e. The molecule has 0 aliphatic heterocycles. The summed E-state index contributed by atoms with van der Waals surface area (Å²) >= 11 is 0. The highest BCUT2D eigenvalue weighted by molar-refractivity contribution is 5.86. The zero-order valence-corrected chi connectivity index (χ0v) is 11.9. The van der Waals surface area contributed by atoms with Crippen molar-refractivity contribution >= 4 is 11.8 Å². The van der Waals surface area contributed by atoms with Gasteiger partial charge >= 0.3 is 6.09 Å². The summed E-state index contributed by atoms with van der Waals surface area (Å²) in [6, 6.07) is 11.7. The molecule has 0 aliphatic carbocycles. The molecule has 1 atom stereocenters. The van der Waals surface area contributed by atoms with Crippen LogP contribution in [0.2, 0.25) is 0 Å². The van der Waals surface area contributed by atoms with Gasteiger partial charge in [-0.15, -0.1) is 10.2 Å². The van der Waals surface area contributed by atoms with Crippen LogP contribution in [0.5, 0.6) is 5.88 Å². The molecule has 2 rings (SSSR count). The third-order valence-electron chi connectivity index (χ3n) is 2.95. The van der Waals surface area contributed by atoms with E-state index in [4.69, 9.17) is 15.1 Å². The van der Waals surface area contributed by atoms with Crippen molar-refractivity contribution in [2.75, 3.05) is 11.9 Å². The van der Waals surface area contributed by atoms with E-state index in [1.807, 2.05) is 25.1 Å². The zero-order chi connectivity index (χ0) is 15.9. The van der Waals surface area contributed by atoms with Crippen LogP contribution in [-0.2, 0) is 0 Å². The van der Waals surface area contributed by atoms with Gasteiger partial charge < -0.3 is 9.84 Å². The molecule has 0 saturated heterocycles. The monoisotopic (exact) mass is 298 g/mol. The van der Waals surface area contributed by atoms with E-state index in [1.54, 1.807) is 12.1 Å². The van der Waals surface area contributed by atoms with Crippen LogP contribution in [0.1, 0.15) is 24.1 Å². The summed E-state index contributed by atoms with van der Waals surface area (Å²) < 4.78 is 4.94. The number of ether oxygens (including phenoxy) is 1. The molecule has 22 heavy (non-hydrogen) atoms. The van der Waals surface area contributed by atoms with Gasteiger partial charge in [-0.2, -0.15) is 5.26 Å². The number of carbonyl (C=O) groups excluding carboxylic acids is 1. The first-order valence-corrected chi connectivity index (χ1v) is 6.56. The number of anilines is 1. The minimum absolute atomic E-state index is 0.00187. The lowest BCUT2D eigenvalue weighted by atomic mass is 10.0. The number of amides is 1. The van der Waals surface area contributed by atoms with Crippen LogP contribution in [-0.4, -0.2) is 28.0 Å². The van der Waals surface area contributed by atoms with Gasteiger partial charge in [0.25, 0.3) is 0 Å². The molecule has 0 spiro atoms. The number of rotatable bonds is 4. The van der Waals surface area contributed by atoms with Crippen LogP contribution in [0.25, 0.3) is 0 Å². The van der Waals surface area contributed by atoms with Crippen molar-refractivity contribution in [2.45, 2.75) is 12.8 Å². The van der Waals surface area contributed by atoms with Crippen molar-refractivity contribution < 1.29 is 14.6 Å². The van der Waals surface area contributed by atoms with Gasteiger partial charge in [-0.25, -0.2) is 4.79 Å². The number of hydrogen-bond donors (Lipinski definition) is 2. The Kier molecular flexibility index (Phi) is 5.01. The van der Waals surface area contributed by atoms with Crippen molar-refractivity contribution in [3.05, 3.63) is 47.7 Å². The van der Waals surface area contributed by atoms with Gasteiger partial charge in [0.15, 0.2) is 5.69 Å². The lowest BCUT2D eigenvalue weighted by Gasteiger charge is -2.10. The van der Waals surface area contributed by atoms with Crippen molar-refractivity contribution in [1.29, 1.82) is 5.26 Å². The SMILES string of the molecule is CC(CO)c1ccc(NC(=O)Oc2ccc(C#N)nn2)cc1. The molecule has 0 radical (unpaired) electrons. The number of aliphatic hydroxyl groups excluding tert-OH is 1. The minimum Gasteiger partial charge on any atom is -0.396 e. The molecule has 0 bridgehead atoms. The summed E-state index contributed by atoms with van der Waals surface area (Å²) in [5.74, 6) is 0.0388.